The van der Waals surface area contributed by atoms with E-state index in [1.165, 1.54) is 17.1 Å². The molecule has 0 spiro atoms. The normalized spacial score (nSPS) is 11.9. The summed E-state index contributed by atoms with van der Waals surface area (Å²) in [4.78, 5) is 3.76. The van der Waals surface area contributed by atoms with Crippen LogP contribution in [0.1, 0.15) is 19.8 Å². The molecule has 0 aromatic carbocycles. The summed E-state index contributed by atoms with van der Waals surface area (Å²) >= 11 is 0. The molecule has 0 radical (unpaired) electrons. The summed E-state index contributed by atoms with van der Waals surface area (Å²) in [5.41, 5.74) is 0. The van der Waals surface area contributed by atoms with Gasteiger partial charge >= 0.3 is 0 Å². The number of rotatable bonds is 5. The van der Waals surface area contributed by atoms with Gasteiger partial charge in [0.05, 0.1) is 12.5 Å². The van der Waals surface area contributed by atoms with Crippen molar-refractivity contribution in [1.82, 2.24) is 14.3 Å². The molecule has 1 heterocycles. The fourth-order valence-corrected chi connectivity index (χ4v) is 2.25. The van der Waals surface area contributed by atoms with Gasteiger partial charge in [0.2, 0.25) is 0 Å². The molecule has 0 aliphatic carbocycles. The van der Waals surface area contributed by atoms with Gasteiger partial charge < -0.3 is 4.57 Å². The molecular formula is C8H15N3O2S. The largest absolute Gasteiger partial charge is 0.324 e. The Balaban J connectivity index is 2.72. The van der Waals surface area contributed by atoms with Crippen molar-refractivity contribution in [2.75, 3.05) is 6.54 Å². The van der Waals surface area contributed by atoms with E-state index in [1.54, 1.807) is 7.05 Å². The molecule has 0 saturated carbocycles. The molecule has 1 N–H and O–H groups in total. The Morgan fingerprint density at radius 1 is 1.57 bits per heavy atom. The quantitative estimate of drug-likeness (QED) is 0.730. The maximum Gasteiger partial charge on any atom is 0.257 e. The lowest BCUT2D eigenvalue weighted by molar-refractivity contribution is 0.568. The number of aryl methyl sites for hydroxylation is 1. The van der Waals surface area contributed by atoms with E-state index in [1.807, 2.05) is 6.92 Å². The predicted molar refractivity (Wildman–Crippen MR) is 53.3 cm³/mol. The summed E-state index contributed by atoms with van der Waals surface area (Å²) in [6.45, 7) is 2.49. The van der Waals surface area contributed by atoms with Crippen LogP contribution in [0.5, 0.6) is 0 Å². The minimum atomic E-state index is -3.37. The van der Waals surface area contributed by atoms with Gasteiger partial charge in [0.1, 0.15) is 0 Å². The van der Waals surface area contributed by atoms with Crippen molar-refractivity contribution in [3.63, 3.8) is 0 Å². The van der Waals surface area contributed by atoms with Gasteiger partial charge in [-0.2, -0.15) is 0 Å². The summed E-state index contributed by atoms with van der Waals surface area (Å²) in [5, 5.41) is 0.202. The van der Waals surface area contributed by atoms with Gasteiger partial charge in [-0.25, -0.2) is 18.1 Å². The van der Waals surface area contributed by atoms with Gasteiger partial charge in [0, 0.05) is 13.6 Å². The maximum absolute atomic E-state index is 11.6. The summed E-state index contributed by atoms with van der Waals surface area (Å²) in [5.74, 6) is 0. The standard InChI is InChI=1S/C8H15N3O2S/c1-3-4-5-10-14(12,13)8-6-9-7-11(8)2/h6-7,10H,3-5H2,1-2H3. The second-order valence-corrected chi connectivity index (χ2v) is 4.81. The van der Waals surface area contributed by atoms with Crippen molar-refractivity contribution in [2.24, 2.45) is 7.05 Å². The van der Waals surface area contributed by atoms with Crippen molar-refractivity contribution in [3.8, 4) is 0 Å². The molecule has 0 saturated heterocycles. The molecule has 0 amide bonds. The lowest BCUT2D eigenvalue weighted by Gasteiger charge is -2.05. The Morgan fingerprint density at radius 3 is 2.79 bits per heavy atom. The molecule has 6 heteroatoms. The Kier molecular flexibility index (Phi) is 3.65. The van der Waals surface area contributed by atoms with Crippen LogP contribution in [0, 0.1) is 0 Å². The molecule has 1 aromatic heterocycles. The van der Waals surface area contributed by atoms with Gasteiger partial charge in [0.25, 0.3) is 10.0 Å². The molecule has 0 atom stereocenters. The fourth-order valence-electron chi connectivity index (χ4n) is 1.06. The van der Waals surface area contributed by atoms with Crippen LogP contribution in [0.4, 0.5) is 0 Å². The number of unbranched alkanes of at least 4 members (excludes halogenated alkanes) is 1. The zero-order valence-corrected chi connectivity index (χ0v) is 9.21. The second kappa shape index (κ2) is 4.56. The first-order valence-corrected chi connectivity index (χ1v) is 6.02. The summed E-state index contributed by atoms with van der Waals surface area (Å²) in [7, 11) is -1.72. The van der Waals surface area contributed by atoms with Crippen LogP contribution in [0.25, 0.3) is 0 Å². The maximum atomic E-state index is 11.6. The van der Waals surface area contributed by atoms with E-state index in [-0.39, 0.29) is 5.03 Å². The molecule has 1 aromatic rings. The molecule has 80 valence electrons. The van der Waals surface area contributed by atoms with Crippen LogP contribution in [0.2, 0.25) is 0 Å². The van der Waals surface area contributed by atoms with Crippen LogP contribution in [-0.2, 0) is 17.1 Å². The van der Waals surface area contributed by atoms with E-state index in [4.69, 9.17) is 0 Å². The topological polar surface area (TPSA) is 64.0 Å². The number of hydrogen-bond acceptors (Lipinski definition) is 3. The fraction of sp³-hybridized carbons (Fsp3) is 0.625. The highest BCUT2D eigenvalue weighted by atomic mass is 32.2. The average molecular weight is 217 g/mol. The average Bonchev–Trinajstić information content (AvgIpc) is 2.52. The van der Waals surface area contributed by atoms with Crippen LogP contribution in [0.3, 0.4) is 0 Å². The zero-order chi connectivity index (χ0) is 10.6. The number of nitrogens with zero attached hydrogens (tertiary/aromatic N) is 2. The molecular weight excluding hydrogens is 202 g/mol. The van der Waals surface area contributed by atoms with E-state index in [0.717, 1.165) is 12.8 Å². The molecule has 0 unspecified atom stereocenters. The number of hydrogen-bond donors (Lipinski definition) is 1. The van der Waals surface area contributed by atoms with Gasteiger partial charge in [0.15, 0.2) is 5.03 Å². The van der Waals surface area contributed by atoms with E-state index in [0.29, 0.717) is 6.54 Å². The predicted octanol–water partition coefficient (Wildman–Crippen LogP) is 0.499. The lowest BCUT2D eigenvalue weighted by Crippen LogP contribution is -2.26. The molecule has 5 nitrogen and oxygen atoms in total. The highest BCUT2D eigenvalue weighted by Gasteiger charge is 2.16. The molecule has 0 aliphatic rings. The number of imidazole rings is 1. The first kappa shape index (κ1) is 11.2. The summed E-state index contributed by atoms with van der Waals surface area (Å²) < 4.78 is 27.2. The van der Waals surface area contributed by atoms with Crippen molar-refractivity contribution in [1.29, 1.82) is 0 Å². The molecule has 1 rings (SSSR count). The molecule has 0 bridgehead atoms. The van der Waals surface area contributed by atoms with E-state index < -0.39 is 10.0 Å². The second-order valence-electron chi connectivity index (χ2n) is 3.09. The Labute approximate surface area is 84.2 Å². The van der Waals surface area contributed by atoms with Crippen molar-refractivity contribution >= 4 is 10.0 Å². The highest BCUT2D eigenvalue weighted by molar-refractivity contribution is 7.89. The number of nitrogens with one attached hydrogen (secondary N) is 1. The van der Waals surface area contributed by atoms with Crippen LogP contribution in [-0.4, -0.2) is 24.5 Å². The zero-order valence-electron chi connectivity index (χ0n) is 8.40. The third-order valence-corrected chi connectivity index (χ3v) is 3.40. The smallest absolute Gasteiger partial charge is 0.257 e. The number of aromatic nitrogens is 2. The molecule has 0 aliphatic heterocycles. The Hall–Kier alpha value is -0.880. The van der Waals surface area contributed by atoms with Gasteiger partial charge in [-0.3, -0.25) is 0 Å². The van der Waals surface area contributed by atoms with Crippen molar-refractivity contribution in [3.05, 3.63) is 12.5 Å². The van der Waals surface area contributed by atoms with Crippen molar-refractivity contribution < 1.29 is 8.42 Å². The Morgan fingerprint density at radius 2 is 2.29 bits per heavy atom. The lowest BCUT2D eigenvalue weighted by atomic mass is 10.3. The third-order valence-electron chi connectivity index (χ3n) is 1.87. The van der Waals surface area contributed by atoms with Gasteiger partial charge in [-0.1, -0.05) is 13.3 Å². The van der Waals surface area contributed by atoms with Gasteiger partial charge in [-0.15, -0.1) is 0 Å². The molecule has 0 fully saturated rings. The van der Waals surface area contributed by atoms with Gasteiger partial charge in [-0.05, 0) is 6.42 Å². The SMILES string of the molecule is CCCCNS(=O)(=O)c1cncn1C. The van der Waals surface area contributed by atoms with E-state index in [2.05, 4.69) is 9.71 Å². The first-order valence-electron chi connectivity index (χ1n) is 4.54. The van der Waals surface area contributed by atoms with Crippen LogP contribution in [0.15, 0.2) is 17.6 Å². The Bertz CT molecular complexity index is 383. The first-order chi connectivity index (χ1) is 6.58. The minimum absolute atomic E-state index is 0.202. The molecule has 14 heavy (non-hydrogen) atoms. The number of sulfonamides is 1. The minimum Gasteiger partial charge on any atom is -0.324 e. The van der Waals surface area contributed by atoms with E-state index >= 15 is 0 Å². The monoisotopic (exact) mass is 217 g/mol. The summed E-state index contributed by atoms with van der Waals surface area (Å²) in [6, 6.07) is 0. The summed E-state index contributed by atoms with van der Waals surface area (Å²) in [6.07, 6.45) is 4.62. The van der Waals surface area contributed by atoms with Crippen LogP contribution >= 0.6 is 0 Å². The third kappa shape index (κ3) is 2.55. The van der Waals surface area contributed by atoms with Crippen molar-refractivity contribution in [2.45, 2.75) is 24.8 Å². The van der Waals surface area contributed by atoms with E-state index in [9.17, 15) is 8.42 Å². The highest BCUT2D eigenvalue weighted by Crippen LogP contribution is 2.05. The van der Waals surface area contributed by atoms with Crippen LogP contribution < -0.4 is 4.72 Å².